The van der Waals surface area contributed by atoms with Crippen molar-refractivity contribution in [1.82, 2.24) is 24.5 Å². The van der Waals surface area contributed by atoms with Crippen molar-refractivity contribution in [1.29, 1.82) is 5.26 Å². The predicted octanol–water partition coefficient (Wildman–Crippen LogP) is 2.33. The number of nitriles is 1. The van der Waals surface area contributed by atoms with E-state index in [1.54, 1.807) is 6.33 Å². The lowest BCUT2D eigenvalue weighted by Crippen LogP contribution is -2.32. The topological polar surface area (TPSA) is 73.3 Å². The van der Waals surface area contributed by atoms with Crippen LogP contribution in [0.5, 0.6) is 0 Å². The Morgan fingerprint density at radius 1 is 1.07 bits per heavy atom. The molecule has 7 nitrogen and oxygen atoms in total. The first-order valence-corrected chi connectivity index (χ1v) is 9.29. The molecular weight excluding hydrogens is 338 g/mol. The second kappa shape index (κ2) is 7.33. The molecule has 0 saturated carbocycles. The van der Waals surface area contributed by atoms with Crippen molar-refractivity contribution in [3.05, 3.63) is 53.0 Å². The van der Waals surface area contributed by atoms with Crippen LogP contribution in [0.25, 0.3) is 5.78 Å². The van der Waals surface area contributed by atoms with Gasteiger partial charge in [0, 0.05) is 44.0 Å². The maximum atomic E-state index is 8.94. The van der Waals surface area contributed by atoms with E-state index in [-0.39, 0.29) is 0 Å². The SMILES string of the molecule is Cc1nc2ncnn2c(N2CCCN(Cc3ccc(C#N)cc3)CC2)c1C. The molecule has 2 aromatic heterocycles. The van der Waals surface area contributed by atoms with Crippen LogP contribution in [0.4, 0.5) is 5.82 Å². The van der Waals surface area contributed by atoms with Crippen molar-refractivity contribution in [2.24, 2.45) is 0 Å². The normalized spacial score (nSPS) is 15.7. The Kier molecular flexibility index (Phi) is 4.73. The summed E-state index contributed by atoms with van der Waals surface area (Å²) in [6.45, 7) is 9.02. The van der Waals surface area contributed by atoms with Gasteiger partial charge in [0.2, 0.25) is 0 Å². The van der Waals surface area contributed by atoms with Crippen molar-refractivity contribution in [3.63, 3.8) is 0 Å². The number of aromatic nitrogens is 4. The van der Waals surface area contributed by atoms with E-state index in [1.165, 1.54) is 5.56 Å². The predicted molar refractivity (Wildman–Crippen MR) is 104 cm³/mol. The molecule has 1 aliphatic heterocycles. The molecule has 0 spiro atoms. The van der Waals surface area contributed by atoms with Crippen molar-refractivity contribution >= 4 is 11.6 Å². The summed E-state index contributed by atoms with van der Waals surface area (Å²) in [7, 11) is 0. The highest BCUT2D eigenvalue weighted by Gasteiger charge is 2.21. The molecular formula is C20H23N7. The fourth-order valence-corrected chi connectivity index (χ4v) is 3.67. The fourth-order valence-electron chi connectivity index (χ4n) is 3.67. The summed E-state index contributed by atoms with van der Waals surface area (Å²) < 4.78 is 1.86. The Morgan fingerprint density at radius 3 is 2.67 bits per heavy atom. The number of fused-ring (bicyclic) bond motifs is 1. The first-order chi connectivity index (χ1) is 13.2. The van der Waals surface area contributed by atoms with Gasteiger partial charge in [0.1, 0.15) is 12.1 Å². The molecule has 0 radical (unpaired) electrons. The standard InChI is InChI=1S/C20H23N7/c1-15-16(2)24-20-22-14-23-27(20)19(15)26-9-3-8-25(10-11-26)13-18-6-4-17(12-21)5-7-18/h4-7,14H,3,8-11,13H2,1-2H3. The van der Waals surface area contributed by atoms with Gasteiger partial charge >= 0.3 is 0 Å². The van der Waals surface area contributed by atoms with Crippen LogP contribution in [0.15, 0.2) is 30.6 Å². The zero-order valence-corrected chi connectivity index (χ0v) is 15.8. The molecule has 27 heavy (non-hydrogen) atoms. The van der Waals surface area contributed by atoms with Crippen molar-refractivity contribution in [3.8, 4) is 6.07 Å². The van der Waals surface area contributed by atoms with Gasteiger partial charge in [0.05, 0.1) is 11.6 Å². The molecule has 1 aromatic carbocycles. The van der Waals surface area contributed by atoms with Crippen LogP contribution in [-0.2, 0) is 6.54 Å². The Labute approximate surface area is 158 Å². The van der Waals surface area contributed by atoms with Gasteiger partial charge in [-0.2, -0.15) is 19.9 Å². The van der Waals surface area contributed by atoms with Gasteiger partial charge in [-0.3, -0.25) is 4.90 Å². The van der Waals surface area contributed by atoms with Crippen LogP contribution < -0.4 is 4.90 Å². The van der Waals surface area contributed by atoms with E-state index < -0.39 is 0 Å². The van der Waals surface area contributed by atoms with E-state index in [4.69, 9.17) is 5.26 Å². The smallest absolute Gasteiger partial charge is 0.254 e. The summed E-state index contributed by atoms with van der Waals surface area (Å²) in [5.74, 6) is 1.77. The third kappa shape index (κ3) is 3.49. The van der Waals surface area contributed by atoms with Gasteiger partial charge in [-0.05, 0) is 38.0 Å². The molecule has 1 aliphatic rings. The van der Waals surface area contributed by atoms with E-state index in [9.17, 15) is 0 Å². The number of aryl methyl sites for hydroxylation is 1. The minimum Gasteiger partial charge on any atom is -0.355 e. The van der Waals surface area contributed by atoms with Crippen LogP contribution in [0.2, 0.25) is 0 Å². The van der Waals surface area contributed by atoms with Gasteiger partial charge in [-0.25, -0.2) is 4.98 Å². The average Bonchev–Trinajstić information content (AvgIpc) is 3.01. The van der Waals surface area contributed by atoms with E-state index in [0.29, 0.717) is 11.3 Å². The molecule has 0 N–H and O–H groups in total. The monoisotopic (exact) mass is 361 g/mol. The maximum absolute atomic E-state index is 8.94. The van der Waals surface area contributed by atoms with Crippen molar-refractivity contribution in [2.45, 2.75) is 26.8 Å². The molecule has 1 fully saturated rings. The molecule has 0 unspecified atom stereocenters. The van der Waals surface area contributed by atoms with E-state index in [0.717, 1.165) is 56.2 Å². The lowest BCUT2D eigenvalue weighted by molar-refractivity contribution is 0.285. The average molecular weight is 361 g/mol. The molecule has 1 saturated heterocycles. The first-order valence-electron chi connectivity index (χ1n) is 9.29. The van der Waals surface area contributed by atoms with Crippen LogP contribution in [-0.4, -0.2) is 50.7 Å². The lowest BCUT2D eigenvalue weighted by Gasteiger charge is -2.26. The van der Waals surface area contributed by atoms with Crippen LogP contribution >= 0.6 is 0 Å². The van der Waals surface area contributed by atoms with Crippen molar-refractivity contribution < 1.29 is 0 Å². The molecule has 138 valence electrons. The summed E-state index contributed by atoms with van der Waals surface area (Å²) in [5, 5.41) is 13.3. The Morgan fingerprint density at radius 2 is 1.89 bits per heavy atom. The van der Waals surface area contributed by atoms with Gasteiger partial charge in [0.15, 0.2) is 0 Å². The zero-order valence-electron chi connectivity index (χ0n) is 15.8. The van der Waals surface area contributed by atoms with E-state index >= 15 is 0 Å². The number of benzene rings is 1. The molecule has 0 atom stereocenters. The third-order valence-corrected chi connectivity index (χ3v) is 5.25. The summed E-state index contributed by atoms with van der Waals surface area (Å²) in [5.41, 5.74) is 4.12. The van der Waals surface area contributed by atoms with Crippen molar-refractivity contribution in [2.75, 3.05) is 31.1 Å². The van der Waals surface area contributed by atoms with Crippen LogP contribution in [0, 0.1) is 25.2 Å². The Balaban J connectivity index is 1.51. The highest BCUT2D eigenvalue weighted by molar-refractivity contribution is 5.54. The Bertz CT molecular complexity index is 984. The van der Waals surface area contributed by atoms with Crippen LogP contribution in [0.3, 0.4) is 0 Å². The number of hydrogen-bond acceptors (Lipinski definition) is 6. The van der Waals surface area contributed by atoms with Gasteiger partial charge < -0.3 is 4.90 Å². The summed E-state index contributed by atoms with van der Waals surface area (Å²) in [6.07, 6.45) is 2.66. The highest BCUT2D eigenvalue weighted by atomic mass is 15.4. The maximum Gasteiger partial charge on any atom is 0.254 e. The number of anilines is 1. The molecule has 0 aliphatic carbocycles. The summed E-state index contributed by atoms with van der Waals surface area (Å²) >= 11 is 0. The molecule has 3 heterocycles. The molecule has 0 bridgehead atoms. The summed E-state index contributed by atoms with van der Waals surface area (Å²) in [4.78, 5) is 13.7. The van der Waals surface area contributed by atoms with E-state index in [1.807, 2.05) is 23.6 Å². The lowest BCUT2D eigenvalue weighted by atomic mass is 10.1. The molecule has 4 rings (SSSR count). The van der Waals surface area contributed by atoms with Gasteiger partial charge in [-0.1, -0.05) is 12.1 Å². The number of hydrogen-bond donors (Lipinski definition) is 0. The molecule has 0 amide bonds. The second-order valence-electron chi connectivity index (χ2n) is 7.04. The molecule has 7 heteroatoms. The highest BCUT2D eigenvalue weighted by Crippen LogP contribution is 2.24. The number of nitrogens with zero attached hydrogens (tertiary/aromatic N) is 7. The second-order valence-corrected chi connectivity index (χ2v) is 7.04. The molecule has 3 aromatic rings. The summed E-state index contributed by atoms with van der Waals surface area (Å²) in [6, 6.07) is 10.1. The fraction of sp³-hybridized carbons (Fsp3) is 0.400. The van der Waals surface area contributed by atoms with Gasteiger partial charge in [0.25, 0.3) is 5.78 Å². The number of rotatable bonds is 3. The minimum absolute atomic E-state index is 0.659. The quantitative estimate of drug-likeness (QED) is 0.713. The third-order valence-electron chi connectivity index (χ3n) is 5.25. The Hall–Kier alpha value is -2.98. The van der Waals surface area contributed by atoms with Gasteiger partial charge in [-0.15, -0.1) is 0 Å². The largest absolute Gasteiger partial charge is 0.355 e. The van der Waals surface area contributed by atoms with Crippen LogP contribution in [0.1, 0.15) is 28.8 Å². The first kappa shape index (κ1) is 17.4. The zero-order chi connectivity index (χ0) is 18.8. The van der Waals surface area contributed by atoms with E-state index in [2.05, 4.69) is 50.0 Å². The minimum atomic E-state index is 0.659.